The summed E-state index contributed by atoms with van der Waals surface area (Å²) in [5, 5.41) is 0. The molecule has 0 unspecified atom stereocenters. The summed E-state index contributed by atoms with van der Waals surface area (Å²) >= 11 is 0. The Balaban J connectivity index is 2.36. The summed E-state index contributed by atoms with van der Waals surface area (Å²) in [6.07, 6.45) is 3.99. The first kappa shape index (κ1) is 13.4. The van der Waals surface area contributed by atoms with Crippen LogP contribution >= 0.6 is 0 Å². The molecule has 0 radical (unpaired) electrons. The van der Waals surface area contributed by atoms with Gasteiger partial charge in [0.2, 0.25) is 0 Å². The van der Waals surface area contributed by atoms with Crippen LogP contribution in [0.4, 0.5) is 0 Å². The third kappa shape index (κ3) is 2.54. The minimum Gasteiger partial charge on any atom is -0.497 e. The van der Waals surface area contributed by atoms with Gasteiger partial charge in [-0.1, -0.05) is 32.4 Å². The van der Waals surface area contributed by atoms with Gasteiger partial charge in [-0.3, -0.25) is 0 Å². The summed E-state index contributed by atoms with van der Waals surface area (Å²) in [7, 11) is 3.55. The summed E-state index contributed by atoms with van der Waals surface area (Å²) < 4.78 is 11.1. The van der Waals surface area contributed by atoms with E-state index in [0.29, 0.717) is 12.0 Å². The Morgan fingerprint density at radius 1 is 1.22 bits per heavy atom. The van der Waals surface area contributed by atoms with Crippen LogP contribution in [-0.4, -0.2) is 20.3 Å². The van der Waals surface area contributed by atoms with Gasteiger partial charge in [-0.25, -0.2) is 0 Å². The van der Waals surface area contributed by atoms with Crippen LogP contribution in [0.15, 0.2) is 24.3 Å². The average molecular weight is 248 g/mol. The zero-order valence-corrected chi connectivity index (χ0v) is 11.9. The molecule has 0 heterocycles. The standard InChI is InChI=1S/C16H24O2/c1-16(2)10-6-9-14(18-4)15(16)12-7-5-8-13(11-12)17-3/h5,7-8,11,14-15H,6,9-10H2,1-4H3/t14-,15+/m1/s1. The fourth-order valence-electron chi connectivity index (χ4n) is 3.34. The third-order valence-electron chi connectivity index (χ3n) is 4.28. The first-order valence-electron chi connectivity index (χ1n) is 6.75. The van der Waals surface area contributed by atoms with Gasteiger partial charge < -0.3 is 9.47 Å². The molecule has 0 aliphatic heterocycles. The van der Waals surface area contributed by atoms with Gasteiger partial charge in [0.25, 0.3) is 0 Å². The summed E-state index contributed by atoms with van der Waals surface area (Å²) in [6, 6.07) is 8.43. The first-order chi connectivity index (χ1) is 8.58. The highest BCUT2D eigenvalue weighted by Gasteiger charge is 2.40. The summed E-state index contributed by atoms with van der Waals surface area (Å²) in [5.41, 5.74) is 1.62. The Bertz CT molecular complexity index is 398. The predicted octanol–water partition coefficient (Wildman–Crippen LogP) is 4.00. The van der Waals surface area contributed by atoms with Crippen molar-refractivity contribution in [3.63, 3.8) is 0 Å². The molecule has 1 aliphatic carbocycles. The van der Waals surface area contributed by atoms with E-state index in [-0.39, 0.29) is 5.41 Å². The van der Waals surface area contributed by atoms with Crippen LogP contribution in [-0.2, 0) is 4.74 Å². The molecule has 0 amide bonds. The van der Waals surface area contributed by atoms with Crippen LogP contribution in [0.3, 0.4) is 0 Å². The minimum absolute atomic E-state index is 0.283. The van der Waals surface area contributed by atoms with E-state index in [9.17, 15) is 0 Å². The van der Waals surface area contributed by atoms with Crippen LogP contribution in [0.1, 0.15) is 44.6 Å². The average Bonchev–Trinajstić information content (AvgIpc) is 2.37. The zero-order valence-electron chi connectivity index (χ0n) is 11.9. The van der Waals surface area contributed by atoms with E-state index in [1.807, 2.05) is 13.2 Å². The first-order valence-corrected chi connectivity index (χ1v) is 6.75. The van der Waals surface area contributed by atoms with Gasteiger partial charge in [-0.05, 0) is 36.0 Å². The molecular formula is C16H24O2. The predicted molar refractivity (Wildman–Crippen MR) is 74.2 cm³/mol. The van der Waals surface area contributed by atoms with Gasteiger partial charge in [-0.2, -0.15) is 0 Å². The molecule has 1 aromatic carbocycles. The van der Waals surface area contributed by atoms with Gasteiger partial charge in [0.1, 0.15) is 5.75 Å². The van der Waals surface area contributed by atoms with Crippen molar-refractivity contribution in [1.82, 2.24) is 0 Å². The number of methoxy groups -OCH3 is 2. The van der Waals surface area contributed by atoms with Crippen LogP contribution in [0.25, 0.3) is 0 Å². The Morgan fingerprint density at radius 2 is 2.00 bits per heavy atom. The minimum atomic E-state index is 0.283. The molecule has 18 heavy (non-hydrogen) atoms. The zero-order chi connectivity index (χ0) is 13.2. The van der Waals surface area contributed by atoms with Crippen molar-refractivity contribution >= 4 is 0 Å². The Hall–Kier alpha value is -1.02. The maximum absolute atomic E-state index is 5.73. The highest BCUT2D eigenvalue weighted by atomic mass is 16.5. The van der Waals surface area contributed by atoms with Crippen molar-refractivity contribution in [3.8, 4) is 5.75 Å². The maximum atomic E-state index is 5.73. The topological polar surface area (TPSA) is 18.5 Å². The molecule has 2 heteroatoms. The van der Waals surface area contributed by atoms with Crippen molar-refractivity contribution in [2.24, 2.45) is 5.41 Å². The van der Waals surface area contributed by atoms with E-state index in [1.54, 1.807) is 7.11 Å². The molecule has 2 atom stereocenters. The monoisotopic (exact) mass is 248 g/mol. The molecule has 100 valence electrons. The molecule has 2 nitrogen and oxygen atoms in total. The van der Waals surface area contributed by atoms with Gasteiger partial charge in [0.15, 0.2) is 0 Å². The summed E-state index contributed by atoms with van der Waals surface area (Å²) in [5.74, 6) is 1.38. The molecule has 1 saturated carbocycles. The lowest BCUT2D eigenvalue weighted by atomic mass is 9.64. The van der Waals surface area contributed by atoms with E-state index in [2.05, 4.69) is 32.0 Å². The second kappa shape index (κ2) is 5.31. The number of hydrogen-bond donors (Lipinski definition) is 0. The summed E-state index contributed by atoms with van der Waals surface area (Å²) in [6.45, 7) is 4.70. The lowest BCUT2D eigenvalue weighted by molar-refractivity contribution is 0.000570. The van der Waals surface area contributed by atoms with E-state index in [1.165, 1.54) is 18.4 Å². The third-order valence-corrected chi connectivity index (χ3v) is 4.28. The number of benzene rings is 1. The molecule has 0 spiro atoms. The Labute approximate surface area is 110 Å². The van der Waals surface area contributed by atoms with E-state index < -0.39 is 0 Å². The number of hydrogen-bond acceptors (Lipinski definition) is 2. The van der Waals surface area contributed by atoms with E-state index in [4.69, 9.17) is 9.47 Å². The lowest BCUT2D eigenvalue weighted by Gasteiger charge is -2.43. The molecule has 0 bridgehead atoms. The van der Waals surface area contributed by atoms with Crippen molar-refractivity contribution in [3.05, 3.63) is 29.8 Å². The Kier molecular flexibility index (Phi) is 3.96. The Morgan fingerprint density at radius 3 is 2.67 bits per heavy atom. The van der Waals surface area contributed by atoms with Crippen LogP contribution < -0.4 is 4.74 Å². The SMILES string of the molecule is COc1cccc([C@H]2[C@H](OC)CCCC2(C)C)c1. The van der Waals surface area contributed by atoms with Gasteiger partial charge in [-0.15, -0.1) is 0 Å². The fourth-order valence-corrected chi connectivity index (χ4v) is 3.34. The number of rotatable bonds is 3. The van der Waals surface area contributed by atoms with Crippen molar-refractivity contribution in [1.29, 1.82) is 0 Å². The molecule has 0 N–H and O–H groups in total. The van der Waals surface area contributed by atoms with E-state index in [0.717, 1.165) is 12.2 Å². The molecule has 1 fully saturated rings. The van der Waals surface area contributed by atoms with Crippen molar-refractivity contribution in [2.75, 3.05) is 14.2 Å². The molecule has 0 aromatic heterocycles. The second-order valence-electron chi connectivity index (χ2n) is 5.91. The highest BCUT2D eigenvalue weighted by Crippen LogP contribution is 2.48. The molecule has 2 rings (SSSR count). The van der Waals surface area contributed by atoms with Gasteiger partial charge in [0, 0.05) is 13.0 Å². The number of ether oxygens (including phenoxy) is 2. The molecule has 1 aromatic rings. The molecular weight excluding hydrogens is 224 g/mol. The van der Waals surface area contributed by atoms with Crippen LogP contribution in [0, 0.1) is 5.41 Å². The molecule has 1 aliphatic rings. The van der Waals surface area contributed by atoms with E-state index >= 15 is 0 Å². The second-order valence-corrected chi connectivity index (χ2v) is 5.91. The smallest absolute Gasteiger partial charge is 0.119 e. The lowest BCUT2D eigenvalue weighted by Crippen LogP contribution is -2.37. The van der Waals surface area contributed by atoms with Gasteiger partial charge in [0.05, 0.1) is 13.2 Å². The summed E-state index contributed by atoms with van der Waals surface area (Å²) in [4.78, 5) is 0. The fraction of sp³-hybridized carbons (Fsp3) is 0.625. The van der Waals surface area contributed by atoms with Crippen LogP contribution in [0.5, 0.6) is 5.75 Å². The maximum Gasteiger partial charge on any atom is 0.119 e. The highest BCUT2D eigenvalue weighted by molar-refractivity contribution is 5.33. The van der Waals surface area contributed by atoms with Crippen molar-refractivity contribution in [2.45, 2.75) is 45.1 Å². The quantitative estimate of drug-likeness (QED) is 0.805. The largest absolute Gasteiger partial charge is 0.497 e. The molecule has 0 saturated heterocycles. The van der Waals surface area contributed by atoms with Crippen LogP contribution in [0.2, 0.25) is 0 Å². The van der Waals surface area contributed by atoms with Crippen molar-refractivity contribution < 1.29 is 9.47 Å². The normalized spacial score (nSPS) is 26.9. The van der Waals surface area contributed by atoms with Gasteiger partial charge >= 0.3 is 0 Å².